The molecule has 2 atom stereocenters. The Morgan fingerprint density at radius 1 is 0.795 bits per heavy atom. The molecular weight excluding hydrogens is 532 g/mol. The van der Waals surface area contributed by atoms with Gasteiger partial charge in [0.15, 0.2) is 11.5 Å². The maximum Gasteiger partial charge on any atom is 0.238 e. The van der Waals surface area contributed by atoms with Crippen molar-refractivity contribution in [3.05, 3.63) is 17.7 Å². The van der Waals surface area contributed by atoms with Crippen molar-refractivity contribution in [3.63, 3.8) is 0 Å². The minimum atomic E-state index is -0.190. The van der Waals surface area contributed by atoms with E-state index in [0.29, 0.717) is 17.2 Å². The predicted molar refractivity (Wildman–Crippen MR) is 168 cm³/mol. The lowest BCUT2D eigenvalue weighted by Crippen LogP contribution is -2.42. The number of ether oxygens (including phenoxy) is 3. The Morgan fingerprint density at radius 2 is 1.26 bits per heavy atom. The lowest BCUT2D eigenvalue weighted by Gasteiger charge is -2.18. The number of methoxy groups -OCH3 is 3. The molecule has 0 aromatic heterocycles. The number of hydrogen-bond acceptors (Lipinski definition) is 6. The van der Waals surface area contributed by atoms with Gasteiger partial charge in [-0.05, 0) is 24.1 Å². The molecule has 1 aliphatic heterocycles. The van der Waals surface area contributed by atoms with Crippen LogP contribution in [-0.4, -0.2) is 45.6 Å². The Labute approximate surface area is 248 Å². The predicted octanol–water partition coefficient (Wildman–Crippen LogP) is 8.22. The molecule has 226 valence electrons. The van der Waals surface area contributed by atoms with E-state index in [-0.39, 0.29) is 29.7 Å². The van der Waals surface area contributed by atoms with E-state index in [0.717, 1.165) is 24.3 Å². The second-order valence-corrected chi connectivity index (χ2v) is 11.6. The number of carbonyl (C=O) groups is 1. The van der Waals surface area contributed by atoms with Crippen LogP contribution < -0.4 is 24.8 Å². The van der Waals surface area contributed by atoms with Gasteiger partial charge in [0.25, 0.3) is 0 Å². The summed E-state index contributed by atoms with van der Waals surface area (Å²) in [5.41, 5.74) is 1.01. The van der Waals surface area contributed by atoms with Crippen LogP contribution in [0.2, 0.25) is 0 Å². The summed E-state index contributed by atoms with van der Waals surface area (Å²) in [5, 5.41) is 6.59. The molecule has 1 heterocycles. The monoisotopic (exact) mass is 586 g/mol. The molecule has 0 radical (unpaired) electrons. The van der Waals surface area contributed by atoms with Crippen LogP contribution in [0, 0.1) is 0 Å². The molecule has 1 aromatic carbocycles. The highest BCUT2D eigenvalue weighted by atomic mass is 35.5. The standard InChI is InChI=1S/C31H54N2O4S.ClH/c1-5-6-7-8-9-10-11-12-13-14-15-16-17-18-19-20-21-32-30(34)26-24-38-31(33-26)25-22-27(35-2)29(37-4)28(23-25)36-3;/h22-23,26,31,33H,5-21,24H2,1-4H3,(H,32,34);1H/t26-,31?;/m1./s1. The second kappa shape index (κ2) is 22.4. The van der Waals surface area contributed by atoms with Crippen molar-refractivity contribution in [2.75, 3.05) is 33.6 Å². The lowest BCUT2D eigenvalue weighted by molar-refractivity contribution is -0.122. The van der Waals surface area contributed by atoms with Gasteiger partial charge in [-0.15, -0.1) is 24.2 Å². The summed E-state index contributed by atoms with van der Waals surface area (Å²) >= 11 is 1.73. The first-order valence-electron chi connectivity index (χ1n) is 15.1. The van der Waals surface area contributed by atoms with Gasteiger partial charge >= 0.3 is 0 Å². The zero-order valence-corrected chi connectivity index (χ0v) is 26.6. The lowest BCUT2D eigenvalue weighted by atomic mass is 10.0. The molecule has 0 saturated carbocycles. The summed E-state index contributed by atoms with van der Waals surface area (Å²) in [6.45, 7) is 3.04. The fourth-order valence-electron chi connectivity index (χ4n) is 5.08. The number of amides is 1. The van der Waals surface area contributed by atoms with Gasteiger partial charge in [-0.25, -0.2) is 0 Å². The van der Waals surface area contributed by atoms with E-state index in [1.165, 1.54) is 96.3 Å². The van der Waals surface area contributed by atoms with Crippen LogP contribution in [0.4, 0.5) is 0 Å². The van der Waals surface area contributed by atoms with Gasteiger partial charge in [-0.1, -0.05) is 103 Å². The van der Waals surface area contributed by atoms with Gasteiger partial charge in [0.2, 0.25) is 11.7 Å². The molecule has 1 fully saturated rings. The van der Waals surface area contributed by atoms with Crippen LogP contribution in [0.25, 0.3) is 0 Å². The summed E-state index contributed by atoms with van der Waals surface area (Å²) in [6, 6.07) is 3.70. The first kappa shape index (κ1) is 35.7. The second-order valence-electron chi connectivity index (χ2n) is 10.5. The highest BCUT2D eigenvalue weighted by Gasteiger charge is 2.31. The van der Waals surface area contributed by atoms with Crippen molar-refractivity contribution in [2.24, 2.45) is 0 Å². The summed E-state index contributed by atoms with van der Waals surface area (Å²) in [7, 11) is 4.83. The molecule has 0 bridgehead atoms. The summed E-state index contributed by atoms with van der Waals surface area (Å²) in [6.07, 6.45) is 21.7. The van der Waals surface area contributed by atoms with E-state index < -0.39 is 0 Å². The maximum atomic E-state index is 12.7. The Hall–Kier alpha value is -1.31. The van der Waals surface area contributed by atoms with E-state index in [1.807, 2.05) is 12.1 Å². The number of carbonyl (C=O) groups excluding carboxylic acids is 1. The van der Waals surface area contributed by atoms with Gasteiger partial charge in [0.05, 0.1) is 32.7 Å². The average Bonchev–Trinajstić information content (AvgIpc) is 3.44. The van der Waals surface area contributed by atoms with Gasteiger partial charge in [0.1, 0.15) is 0 Å². The molecule has 0 spiro atoms. The van der Waals surface area contributed by atoms with Crippen molar-refractivity contribution in [1.29, 1.82) is 0 Å². The van der Waals surface area contributed by atoms with Crippen molar-refractivity contribution in [1.82, 2.24) is 10.6 Å². The van der Waals surface area contributed by atoms with Crippen molar-refractivity contribution < 1.29 is 19.0 Å². The van der Waals surface area contributed by atoms with Crippen LogP contribution in [0.1, 0.15) is 121 Å². The van der Waals surface area contributed by atoms with Crippen LogP contribution in [0.15, 0.2) is 12.1 Å². The molecule has 1 aliphatic rings. The zero-order chi connectivity index (χ0) is 27.4. The molecule has 1 amide bonds. The third kappa shape index (κ3) is 13.7. The van der Waals surface area contributed by atoms with E-state index in [4.69, 9.17) is 14.2 Å². The molecule has 1 aromatic rings. The molecule has 1 saturated heterocycles. The topological polar surface area (TPSA) is 68.8 Å². The molecular formula is C31H55ClN2O4S. The number of halogens is 1. The normalized spacial score (nSPS) is 16.5. The van der Waals surface area contributed by atoms with E-state index in [2.05, 4.69) is 17.6 Å². The Morgan fingerprint density at radius 3 is 1.69 bits per heavy atom. The number of nitrogens with one attached hydrogen (secondary N) is 2. The Kier molecular flexibility index (Phi) is 20.5. The highest BCUT2D eigenvalue weighted by molar-refractivity contribution is 7.99. The Bertz CT molecular complexity index is 758. The largest absolute Gasteiger partial charge is 0.493 e. The van der Waals surface area contributed by atoms with Crippen LogP contribution in [0.3, 0.4) is 0 Å². The van der Waals surface area contributed by atoms with Crippen LogP contribution in [-0.2, 0) is 4.79 Å². The first-order valence-corrected chi connectivity index (χ1v) is 16.1. The zero-order valence-electron chi connectivity index (χ0n) is 25.0. The minimum Gasteiger partial charge on any atom is -0.493 e. The number of thioether (sulfide) groups is 1. The smallest absolute Gasteiger partial charge is 0.238 e. The molecule has 6 nitrogen and oxygen atoms in total. The van der Waals surface area contributed by atoms with E-state index >= 15 is 0 Å². The third-order valence-electron chi connectivity index (χ3n) is 7.42. The van der Waals surface area contributed by atoms with Crippen LogP contribution >= 0.6 is 24.2 Å². The van der Waals surface area contributed by atoms with E-state index in [1.54, 1.807) is 33.1 Å². The van der Waals surface area contributed by atoms with Gasteiger partial charge in [-0.2, -0.15) is 0 Å². The fourth-order valence-corrected chi connectivity index (χ4v) is 6.30. The number of benzene rings is 1. The number of rotatable bonds is 22. The molecule has 39 heavy (non-hydrogen) atoms. The van der Waals surface area contributed by atoms with E-state index in [9.17, 15) is 4.79 Å². The van der Waals surface area contributed by atoms with Gasteiger partial charge in [0, 0.05) is 12.3 Å². The molecule has 8 heteroatoms. The summed E-state index contributed by atoms with van der Waals surface area (Å²) in [5.74, 6) is 2.66. The van der Waals surface area contributed by atoms with Crippen molar-refractivity contribution in [3.8, 4) is 17.2 Å². The van der Waals surface area contributed by atoms with Gasteiger partial charge in [-0.3, -0.25) is 10.1 Å². The summed E-state index contributed by atoms with van der Waals surface area (Å²) in [4.78, 5) is 12.7. The van der Waals surface area contributed by atoms with Crippen molar-refractivity contribution >= 4 is 30.1 Å². The van der Waals surface area contributed by atoms with Crippen molar-refractivity contribution in [2.45, 2.75) is 121 Å². The quantitative estimate of drug-likeness (QED) is 0.133. The highest BCUT2D eigenvalue weighted by Crippen LogP contribution is 2.43. The van der Waals surface area contributed by atoms with Gasteiger partial charge < -0.3 is 19.5 Å². The number of unbranched alkanes of at least 4 members (excludes halogenated alkanes) is 15. The van der Waals surface area contributed by atoms with Crippen LogP contribution in [0.5, 0.6) is 17.2 Å². The molecule has 1 unspecified atom stereocenters. The fraction of sp³-hybridized carbons (Fsp3) is 0.774. The third-order valence-corrected chi connectivity index (χ3v) is 8.69. The molecule has 2 rings (SSSR count). The average molecular weight is 587 g/mol. The first-order chi connectivity index (χ1) is 18.6. The SMILES string of the molecule is CCCCCCCCCCCCCCCCCCNC(=O)[C@H]1CSC(c2cc(OC)c(OC)c(OC)c2)N1.Cl. The Balaban J connectivity index is 0.00000760. The minimum absolute atomic E-state index is 0. The number of hydrogen-bond donors (Lipinski definition) is 2. The molecule has 2 N–H and O–H groups in total. The summed E-state index contributed by atoms with van der Waals surface area (Å²) < 4.78 is 16.4. The molecule has 0 aliphatic carbocycles. The maximum absolute atomic E-state index is 12.7.